The van der Waals surface area contributed by atoms with Gasteiger partial charge in [-0.3, -0.25) is 0 Å². The van der Waals surface area contributed by atoms with E-state index in [0.717, 1.165) is 12.0 Å². The van der Waals surface area contributed by atoms with E-state index >= 15 is 0 Å². The predicted molar refractivity (Wildman–Crippen MR) is 57.4 cm³/mol. The Bertz CT molecular complexity index is 193. The van der Waals surface area contributed by atoms with Crippen molar-refractivity contribution in [2.45, 2.75) is 46.0 Å². The average Bonchev–Trinajstić information content (AvgIpc) is 2.11. The van der Waals surface area contributed by atoms with Crippen LogP contribution in [0.15, 0.2) is 11.6 Å². The Morgan fingerprint density at radius 3 is 2.69 bits per heavy atom. The first-order chi connectivity index (χ1) is 6.31. The molecule has 0 unspecified atom stereocenters. The zero-order chi connectivity index (χ0) is 9.94. The standard InChI is InChI=1S/C12H20O/c1-3-4-5-6-7-8-9-12(2)10-11-13/h10,13H,3-7,11H2,1-2H3. The molecule has 74 valence electrons. The van der Waals surface area contributed by atoms with Gasteiger partial charge in [-0.15, -0.1) is 0 Å². The summed E-state index contributed by atoms with van der Waals surface area (Å²) in [6.45, 7) is 4.23. The molecule has 0 fully saturated rings. The van der Waals surface area contributed by atoms with Crippen LogP contribution in [0.2, 0.25) is 0 Å². The van der Waals surface area contributed by atoms with Crippen LogP contribution in [0.5, 0.6) is 0 Å². The lowest BCUT2D eigenvalue weighted by Gasteiger charge is -1.92. The molecular formula is C12H20O. The summed E-state index contributed by atoms with van der Waals surface area (Å²) in [5, 5.41) is 8.57. The third-order valence-corrected chi connectivity index (χ3v) is 1.84. The van der Waals surface area contributed by atoms with Gasteiger partial charge in [-0.05, 0) is 25.0 Å². The number of hydrogen-bond acceptors (Lipinski definition) is 1. The van der Waals surface area contributed by atoms with Gasteiger partial charge in [-0.1, -0.05) is 38.0 Å². The highest BCUT2D eigenvalue weighted by molar-refractivity contribution is 5.26. The molecule has 0 aliphatic carbocycles. The molecule has 1 heteroatoms. The van der Waals surface area contributed by atoms with E-state index in [9.17, 15) is 0 Å². The first-order valence-corrected chi connectivity index (χ1v) is 5.07. The Balaban J connectivity index is 3.44. The molecule has 0 bridgehead atoms. The van der Waals surface area contributed by atoms with E-state index in [0.29, 0.717) is 0 Å². The summed E-state index contributed by atoms with van der Waals surface area (Å²) in [4.78, 5) is 0. The van der Waals surface area contributed by atoms with Crippen LogP contribution in [0.1, 0.15) is 46.0 Å². The van der Waals surface area contributed by atoms with Crippen molar-refractivity contribution >= 4 is 0 Å². The molecule has 1 N–H and O–H groups in total. The van der Waals surface area contributed by atoms with E-state index < -0.39 is 0 Å². The monoisotopic (exact) mass is 180 g/mol. The summed E-state index contributed by atoms with van der Waals surface area (Å²) < 4.78 is 0. The largest absolute Gasteiger partial charge is 0.392 e. The van der Waals surface area contributed by atoms with Gasteiger partial charge in [0.15, 0.2) is 0 Å². The van der Waals surface area contributed by atoms with Crippen LogP contribution in [0, 0.1) is 11.8 Å². The molecule has 0 saturated carbocycles. The fourth-order valence-electron chi connectivity index (χ4n) is 1.03. The van der Waals surface area contributed by atoms with Gasteiger partial charge in [0.1, 0.15) is 0 Å². The number of unbranched alkanes of at least 4 members (excludes halogenated alkanes) is 4. The minimum absolute atomic E-state index is 0.0936. The minimum atomic E-state index is 0.0936. The Morgan fingerprint density at radius 2 is 2.08 bits per heavy atom. The van der Waals surface area contributed by atoms with Gasteiger partial charge in [0.25, 0.3) is 0 Å². The lowest BCUT2D eigenvalue weighted by molar-refractivity contribution is 0.342. The number of aliphatic hydroxyl groups excluding tert-OH is 1. The van der Waals surface area contributed by atoms with Crippen molar-refractivity contribution in [2.24, 2.45) is 0 Å². The summed E-state index contributed by atoms with van der Waals surface area (Å²) >= 11 is 0. The molecule has 0 amide bonds. The normalized spacial score (nSPS) is 10.8. The molecule has 0 saturated heterocycles. The van der Waals surface area contributed by atoms with E-state index in [-0.39, 0.29) is 6.61 Å². The van der Waals surface area contributed by atoms with Gasteiger partial charge < -0.3 is 5.11 Å². The number of rotatable bonds is 5. The van der Waals surface area contributed by atoms with Crippen LogP contribution >= 0.6 is 0 Å². The van der Waals surface area contributed by atoms with Gasteiger partial charge in [-0.2, -0.15) is 0 Å². The molecule has 0 spiro atoms. The fraction of sp³-hybridized carbons (Fsp3) is 0.667. The maximum atomic E-state index is 8.57. The highest BCUT2D eigenvalue weighted by Gasteiger charge is 1.84. The summed E-state index contributed by atoms with van der Waals surface area (Å²) in [5.41, 5.74) is 0.970. The quantitative estimate of drug-likeness (QED) is 0.509. The second-order valence-electron chi connectivity index (χ2n) is 3.18. The second kappa shape index (κ2) is 9.35. The summed E-state index contributed by atoms with van der Waals surface area (Å²) in [6.07, 6.45) is 7.79. The highest BCUT2D eigenvalue weighted by Crippen LogP contribution is 2.01. The predicted octanol–water partition coefficient (Wildman–Crippen LogP) is 2.90. The summed E-state index contributed by atoms with van der Waals surface area (Å²) in [7, 11) is 0. The van der Waals surface area contributed by atoms with Crippen molar-refractivity contribution in [3.8, 4) is 11.8 Å². The molecule has 0 aromatic rings. The van der Waals surface area contributed by atoms with Crippen molar-refractivity contribution in [3.05, 3.63) is 11.6 Å². The van der Waals surface area contributed by atoms with Crippen molar-refractivity contribution in [1.29, 1.82) is 0 Å². The Morgan fingerprint density at radius 1 is 1.31 bits per heavy atom. The molecule has 0 rings (SSSR count). The molecule has 1 nitrogen and oxygen atoms in total. The fourth-order valence-corrected chi connectivity index (χ4v) is 1.03. The lowest BCUT2D eigenvalue weighted by atomic mass is 10.1. The molecule has 0 aromatic heterocycles. The van der Waals surface area contributed by atoms with Crippen LogP contribution in [0.4, 0.5) is 0 Å². The van der Waals surface area contributed by atoms with Crippen molar-refractivity contribution < 1.29 is 5.11 Å². The lowest BCUT2D eigenvalue weighted by Crippen LogP contribution is -1.77. The molecule has 0 heterocycles. The Labute approximate surface area is 81.9 Å². The van der Waals surface area contributed by atoms with Crippen LogP contribution < -0.4 is 0 Å². The first-order valence-electron chi connectivity index (χ1n) is 5.07. The Hall–Kier alpha value is -0.740. The van der Waals surface area contributed by atoms with Gasteiger partial charge in [0.2, 0.25) is 0 Å². The molecule has 0 aliphatic rings. The average molecular weight is 180 g/mol. The van der Waals surface area contributed by atoms with Crippen LogP contribution in [-0.4, -0.2) is 11.7 Å². The summed E-state index contributed by atoms with van der Waals surface area (Å²) in [6, 6.07) is 0. The maximum absolute atomic E-state index is 8.57. The highest BCUT2D eigenvalue weighted by atomic mass is 16.2. The molecule has 0 radical (unpaired) electrons. The molecular weight excluding hydrogens is 160 g/mol. The van der Waals surface area contributed by atoms with Crippen LogP contribution in [0.3, 0.4) is 0 Å². The van der Waals surface area contributed by atoms with Crippen LogP contribution in [0.25, 0.3) is 0 Å². The SMILES string of the molecule is CCCCCCC#CC(C)=CCO. The Kier molecular flexibility index (Phi) is 8.82. The van der Waals surface area contributed by atoms with Gasteiger partial charge in [-0.25, -0.2) is 0 Å². The van der Waals surface area contributed by atoms with E-state index in [1.165, 1.54) is 25.7 Å². The van der Waals surface area contributed by atoms with Gasteiger partial charge in [0, 0.05) is 6.42 Å². The van der Waals surface area contributed by atoms with Crippen molar-refractivity contribution in [2.75, 3.05) is 6.61 Å². The molecule has 0 atom stereocenters. The zero-order valence-corrected chi connectivity index (χ0v) is 8.77. The zero-order valence-electron chi connectivity index (χ0n) is 8.77. The van der Waals surface area contributed by atoms with Crippen molar-refractivity contribution in [1.82, 2.24) is 0 Å². The van der Waals surface area contributed by atoms with E-state index in [1.807, 2.05) is 6.92 Å². The smallest absolute Gasteiger partial charge is 0.0624 e. The van der Waals surface area contributed by atoms with E-state index in [2.05, 4.69) is 18.8 Å². The van der Waals surface area contributed by atoms with Gasteiger partial charge in [0.05, 0.1) is 6.61 Å². The first kappa shape index (κ1) is 12.3. The number of hydrogen-bond donors (Lipinski definition) is 1. The number of allylic oxidation sites excluding steroid dienone is 1. The number of aliphatic hydroxyl groups is 1. The summed E-state index contributed by atoms with van der Waals surface area (Å²) in [5.74, 6) is 6.11. The van der Waals surface area contributed by atoms with Gasteiger partial charge >= 0.3 is 0 Å². The second-order valence-corrected chi connectivity index (χ2v) is 3.18. The maximum Gasteiger partial charge on any atom is 0.0624 e. The topological polar surface area (TPSA) is 20.2 Å². The molecule has 13 heavy (non-hydrogen) atoms. The van der Waals surface area contributed by atoms with E-state index in [1.54, 1.807) is 6.08 Å². The third kappa shape index (κ3) is 9.17. The molecule has 0 aliphatic heterocycles. The molecule has 0 aromatic carbocycles. The third-order valence-electron chi connectivity index (χ3n) is 1.84. The van der Waals surface area contributed by atoms with Crippen molar-refractivity contribution in [3.63, 3.8) is 0 Å². The minimum Gasteiger partial charge on any atom is -0.392 e. The van der Waals surface area contributed by atoms with E-state index in [4.69, 9.17) is 5.11 Å². The van der Waals surface area contributed by atoms with Crippen LogP contribution in [-0.2, 0) is 0 Å².